The standard InChI is InChI=1S/C15H18N2O2/c1-4-10(2)8-13(16-3)11-6-5-7-12-15(11)19-9-14(18)17-12/h5-8H,4,9H2,1-3H3,(H,17,18)/b10-8-,16-13?. The largest absolute Gasteiger partial charge is 0.481 e. The van der Waals surface area contributed by atoms with Crippen LogP contribution in [0, 0.1) is 0 Å². The van der Waals surface area contributed by atoms with E-state index in [9.17, 15) is 4.79 Å². The first-order valence-corrected chi connectivity index (χ1v) is 6.35. The molecular weight excluding hydrogens is 240 g/mol. The van der Waals surface area contributed by atoms with Crippen LogP contribution in [-0.4, -0.2) is 25.3 Å². The molecule has 1 aromatic rings. The Balaban J connectivity index is 2.45. The van der Waals surface area contributed by atoms with Gasteiger partial charge in [0, 0.05) is 12.6 Å². The van der Waals surface area contributed by atoms with Gasteiger partial charge in [-0.1, -0.05) is 18.6 Å². The molecule has 0 saturated heterocycles. The third kappa shape index (κ3) is 2.84. The zero-order valence-corrected chi connectivity index (χ0v) is 11.5. The van der Waals surface area contributed by atoms with E-state index in [1.807, 2.05) is 18.2 Å². The Morgan fingerprint density at radius 1 is 1.53 bits per heavy atom. The Morgan fingerprint density at radius 3 is 3.00 bits per heavy atom. The molecule has 1 aliphatic heterocycles. The van der Waals surface area contributed by atoms with Crippen LogP contribution < -0.4 is 10.1 Å². The first-order valence-electron chi connectivity index (χ1n) is 6.35. The highest BCUT2D eigenvalue weighted by atomic mass is 16.5. The van der Waals surface area contributed by atoms with Gasteiger partial charge in [0.2, 0.25) is 0 Å². The van der Waals surface area contributed by atoms with Crippen LogP contribution in [0.4, 0.5) is 5.69 Å². The lowest BCUT2D eigenvalue weighted by Gasteiger charge is -2.20. The molecule has 1 aromatic carbocycles. The molecule has 4 nitrogen and oxygen atoms in total. The molecule has 4 heteroatoms. The van der Waals surface area contributed by atoms with Crippen LogP contribution in [0.3, 0.4) is 0 Å². The molecule has 0 spiro atoms. The van der Waals surface area contributed by atoms with Crippen LogP contribution in [0.2, 0.25) is 0 Å². The van der Waals surface area contributed by atoms with Gasteiger partial charge in [-0.2, -0.15) is 0 Å². The van der Waals surface area contributed by atoms with E-state index < -0.39 is 0 Å². The van der Waals surface area contributed by atoms with Crippen molar-refractivity contribution >= 4 is 17.3 Å². The number of carbonyl (C=O) groups is 1. The number of carbonyl (C=O) groups excluding carboxylic acids is 1. The molecule has 100 valence electrons. The van der Waals surface area contributed by atoms with Crippen molar-refractivity contribution in [1.29, 1.82) is 0 Å². The molecule has 19 heavy (non-hydrogen) atoms. The number of hydrogen-bond donors (Lipinski definition) is 1. The summed E-state index contributed by atoms with van der Waals surface area (Å²) in [5.74, 6) is 0.572. The Kier molecular flexibility index (Phi) is 4.00. The molecule has 1 heterocycles. The number of aliphatic imine (C=N–C) groups is 1. The van der Waals surface area contributed by atoms with Crippen molar-refractivity contribution in [3.63, 3.8) is 0 Å². The zero-order valence-electron chi connectivity index (χ0n) is 11.5. The molecular formula is C15H18N2O2. The minimum atomic E-state index is -0.125. The number of nitrogens with zero attached hydrogens (tertiary/aromatic N) is 1. The highest BCUT2D eigenvalue weighted by Crippen LogP contribution is 2.32. The van der Waals surface area contributed by atoms with E-state index in [4.69, 9.17) is 4.74 Å². The van der Waals surface area contributed by atoms with Crippen molar-refractivity contribution in [2.45, 2.75) is 20.3 Å². The van der Waals surface area contributed by atoms with Crippen molar-refractivity contribution in [2.24, 2.45) is 4.99 Å². The van der Waals surface area contributed by atoms with E-state index in [0.29, 0.717) is 11.4 Å². The molecule has 0 unspecified atom stereocenters. The number of ether oxygens (including phenoxy) is 1. The van der Waals surface area contributed by atoms with Gasteiger partial charge in [0.05, 0.1) is 11.4 Å². The van der Waals surface area contributed by atoms with Gasteiger partial charge in [0.1, 0.15) is 0 Å². The van der Waals surface area contributed by atoms with Crippen LogP contribution in [0.15, 0.2) is 34.8 Å². The van der Waals surface area contributed by atoms with Crippen molar-refractivity contribution in [3.05, 3.63) is 35.4 Å². The number of fused-ring (bicyclic) bond motifs is 1. The van der Waals surface area contributed by atoms with Crippen LogP contribution in [-0.2, 0) is 4.79 Å². The van der Waals surface area contributed by atoms with E-state index in [1.54, 1.807) is 7.05 Å². The first-order chi connectivity index (χ1) is 9.15. The Labute approximate surface area is 113 Å². The monoisotopic (exact) mass is 258 g/mol. The third-order valence-corrected chi connectivity index (χ3v) is 3.09. The van der Waals surface area contributed by atoms with Gasteiger partial charge >= 0.3 is 0 Å². The number of amides is 1. The summed E-state index contributed by atoms with van der Waals surface area (Å²) in [6.45, 7) is 4.23. The van der Waals surface area contributed by atoms with Crippen molar-refractivity contribution in [3.8, 4) is 5.75 Å². The summed E-state index contributed by atoms with van der Waals surface area (Å²) in [4.78, 5) is 15.6. The van der Waals surface area contributed by atoms with E-state index in [-0.39, 0.29) is 12.5 Å². The van der Waals surface area contributed by atoms with Gasteiger partial charge in [-0.05, 0) is 31.6 Å². The minimum absolute atomic E-state index is 0.0531. The van der Waals surface area contributed by atoms with Gasteiger partial charge < -0.3 is 10.1 Å². The summed E-state index contributed by atoms with van der Waals surface area (Å²) in [5.41, 5.74) is 3.73. The van der Waals surface area contributed by atoms with Crippen molar-refractivity contribution in [1.82, 2.24) is 0 Å². The van der Waals surface area contributed by atoms with Crippen molar-refractivity contribution < 1.29 is 9.53 Å². The summed E-state index contributed by atoms with van der Waals surface area (Å²) < 4.78 is 5.54. The summed E-state index contributed by atoms with van der Waals surface area (Å²) in [6, 6.07) is 5.68. The van der Waals surface area contributed by atoms with E-state index in [2.05, 4.69) is 30.2 Å². The highest BCUT2D eigenvalue weighted by molar-refractivity contribution is 6.12. The normalized spacial score (nSPS) is 15.6. The predicted molar refractivity (Wildman–Crippen MR) is 77.1 cm³/mol. The lowest BCUT2D eigenvalue weighted by Crippen LogP contribution is -2.26. The predicted octanol–water partition coefficient (Wildman–Crippen LogP) is 2.79. The van der Waals surface area contributed by atoms with Crippen LogP contribution in [0.25, 0.3) is 0 Å². The molecule has 0 bridgehead atoms. The molecule has 1 aliphatic rings. The third-order valence-electron chi connectivity index (χ3n) is 3.09. The van der Waals surface area contributed by atoms with Gasteiger partial charge in [0.25, 0.3) is 5.91 Å². The smallest absolute Gasteiger partial charge is 0.262 e. The number of nitrogens with one attached hydrogen (secondary N) is 1. The molecule has 1 amide bonds. The quantitative estimate of drug-likeness (QED) is 0.847. The fourth-order valence-electron chi connectivity index (χ4n) is 1.91. The number of allylic oxidation sites excluding steroid dienone is 2. The number of rotatable bonds is 3. The van der Waals surface area contributed by atoms with Gasteiger partial charge in [-0.15, -0.1) is 0 Å². The Bertz CT molecular complexity index is 559. The summed E-state index contributed by atoms with van der Waals surface area (Å²) >= 11 is 0. The van der Waals surface area contributed by atoms with Gasteiger partial charge in [-0.25, -0.2) is 0 Å². The summed E-state index contributed by atoms with van der Waals surface area (Å²) in [7, 11) is 1.76. The summed E-state index contributed by atoms with van der Waals surface area (Å²) in [6.07, 6.45) is 3.03. The first kappa shape index (κ1) is 13.3. The fraction of sp³-hybridized carbons (Fsp3) is 0.333. The lowest BCUT2D eigenvalue weighted by molar-refractivity contribution is -0.118. The number of benzene rings is 1. The van der Waals surface area contributed by atoms with Crippen molar-refractivity contribution in [2.75, 3.05) is 19.0 Å². The molecule has 2 rings (SSSR count). The van der Waals surface area contributed by atoms with Crippen LogP contribution in [0.5, 0.6) is 5.75 Å². The zero-order chi connectivity index (χ0) is 13.8. The van der Waals surface area contributed by atoms with E-state index >= 15 is 0 Å². The Hall–Kier alpha value is -2.10. The number of anilines is 1. The van der Waals surface area contributed by atoms with Crippen LogP contribution in [0.1, 0.15) is 25.8 Å². The average molecular weight is 258 g/mol. The minimum Gasteiger partial charge on any atom is -0.481 e. The molecule has 0 saturated carbocycles. The SMILES string of the molecule is CC/C(C)=C\C(=NC)c1cccc2c1OCC(=O)N2. The van der Waals surface area contributed by atoms with Gasteiger partial charge in [-0.3, -0.25) is 9.79 Å². The van der Waals surface area contributed by atoms with Crippen LogP contribution >= 0.6 is 0 Å². The molecule has 0 aliphatic carbocycles. The molecule has 0 aromatic heterocycles. The maximum absolute atomic E-state index is 11.3. The maximum atomic E-state index is 11.3. The number of para-hydroxylation sites is 1. The lowest BCUT2D eigenvalue weighted by atomic mass is 10.0. The highest BCUT2D eigenvalue weighted by Gasteiger charge is 2.20. The summed E-state index contributed by atoms with van der Waals surface area (Å²) in [5, 5.41) is 2.81. The number of hydrogen-bond acceptors (Lipinski definition) is 3. The second-order valence-corrected chi connectivity index (χ2v) is 4.47. The molecule has 1 N–H and O–H groups in total. The molecule has 0 fully saturated rings. The fourth-order valence-corrected chi connectivity index (χ4v) is 1.91. The average Bonchev–Trinajstić information content (AvgIpc) is 2.43. The molecule has 0 atom stereocenters. The Morgan fingerprint density at radius 2 is 2.32 bits per heavy atom. The van der Waals surface area contributed by atoms with E-state index in [1.165, 1.54) is 5.57 Å². The van der Waals surface area contributed by atoms with Gasteiger partial charge in [0.15, 0.2) is 12.4 Å². The van der Waals surface area contributed by atoms with E-state index in [0.717, 1.165) is 17.7 Å². The molecule has 0 radical (unpaired) electrons. The second kappa shape index (κ2) is 5.69. The topological polar surface area (TPSA) is 50.7 Å². The maximum Gasteiger partial charge on any atom is 0.262 e. The second-order valence-electron chi connectivity index (χ2n) is 4.47.